The summed E-state index contributed by atoms with van der Waals surface area (Å²) >= 11 is 7.15. The van der Waals surface area contributed by atoms with Crippen molar-refractivity contribution in [1.82, 2.24) is 4.90 Å². The van der Waals surface area contributed by atoms with Crippen molar-refractivity contribution >= 4 is 46.5 Å². The Morgan fingerprint density at radius 3 is 2.60 bits per heavy atom. The lowest BCUT2D eigenvalue weighted by Gasteiger charge is -2.15. The molecule has 1 aliphatic heterocycles. The van der Waals surface area contributed by atoms with Gasteiger partial charge in [0.2, 0.25) is 5.91 Å². The Morgan fingerprint density at radius 1 is 1.20 bits per heavy atom. The highest BCUT2D eigenvalue weighted by Gasteiger charge is 2.35. The van der Waals surface area contributed by atoms with E-state index < -0.39 is 23.6 Å². The van der Waals surface area contributed by atoms with Gasteiger partial charge in [-0.15, -0.1) is 0 Å². The van der Waals surface area contributed by atoms with E-state index in [4.69, 9.17) is 26.8 Å². The number of primary amides is 1. The molecule has 0 aliphatic carbocycles. The molecule has 156 valence electrons. The normalized spacial score (nSPS) is 15.0. The monoisotopic (exact) mass is 446 g/mol. The van der Waals surface area contributed by atoms with E-state index in [9.17, 15) is 14.4 Å². The number of rotatable bonds is 8. The summed E-state index contributed by atoms with van der Waals surface area (Å²) in [4.78, 5) is 36.4. The maximum Gasteiger partial charge on any atom is 0.294 e. The summed E-state index contributed by atoms with van der Waals surface area (Å²) < 4.78 is 11.5. The molecule has 2 aromatic rings. The minimum absolute atomic E-state index is 0.165. The van der Waals surface area contributed by atoms with Crippen molar-refractivity contribution in [3.8, 4) is 11.5 Å². The van der Waals surface area contributed by atoms with Crippen LogP contribution in [-0.4, -0.2) is 35.1 Å². The van der Waals surface area contributed by atoms with Crippen LogP contribution in [0.4, 0.5) is 4.79 Å². The lowest BCUT2D eigenvalue weighted by Crippen LogP contribution is -2.36. The van der Waals surface area contributed by atoms with Crippen LogP contribution in [-0.2, 0) is 16.2 Å². The third kappa shape index (κ3) is 5.14. The molecular weight excluding hydrogens is 428 g/mol. The minimum Gasteiger partial charge on any atom is -0.490 e. The van der Waals surface area contributed by atoms with Crippen LogP contribution in [0, 0.1) is 0 Å². The number of ether oxygens (including phenoxy) is 2. The van der Waals surface area contributed by atoms with Crippen molar-refractivity contribution in [3.63, 3.8) is 0 Å². The van der Waals surface area contributed by atoms with Crippen LogP contribution in [0.5, 0.6) is 11.5 Å². The topological polar surface area (TPSA) is 98.9 Å². The second kappa shape index (κ2) is 9.69. The van der Waals surface area contributed by atoms with Gasteiger partial charge in [0, 0.05) is 0 Å². The van der Waals surface area contributed by atoms with E-state index in [-0.39, 0.29) is 4.91 Å². The first-order valence-electron chi connectivity index (χ1n) is 9.05. The Hall–Kier alpha value is -2.97. The molecule has 0 atom stereocenters. The highest BCUT2D eigenvalue weighted by molar-refractivity contribution is 8.18. The highest BCUT2D eigenvalue weighted by Crippen LogP contribution is 2.39. The molecule has 0 bridgehead atoms. The van der Waals surface area contributed by atoms with Gasteiger partial charge in [-0.3, -0.25) is 19.3 Å². The van der Waals surface area contributed by atoms with Crippen molar-refractivity contribution in [2.24, 2.45) is 5.73 Å². The molecular formula is C21H19ClN2O5S. The van der Waals surface area contributed by atoms with Crippen LogP contribution in [0.15, 0.2) is 47.4 Å². The number of halogens is 1. The maximum absolute atomic E-state index is 12.4. The summed E-state index contributed by atoms with van der Waals surface area (Å²) in [6.07, 6.45) is 1.52. The molecule has 30 heavy (non-hydrogen) atoms. The first-order valence-corrected chi connectivity index (χ1v) is 10.2. The second-order valence-electron chi connectivity index (χ2n) is 6.27. The van der Waals surface area contributed by atoms with Gasteiger partial charge in [-0.05, 0) is 48.0 Å². The molecule has 0 unspecified atom stereocenters. The SMILES string of the molecule is CCOc1cc(/C=C2\SC(=O)N(CC(N)=O)C2=O)cc(Cl)c1OCc1ccccc1. The van der Waals surface area contributed by atoms with E-state index in [2.05, 4.69) is 0 Å². The zero-order valence-electron chi connectivity index (χ0n) is 16.1. The zero-order chi connectivity index (χ0) is 21.7. The summed E-state index contributed by atoms with van der Waals surface area (Å²) in [5.41, 5.74) is 6.62. The van der Waals surface area contributed by atoms with E-state index in [1.54, 1.807) is 12.1 Å². The number of amides is 3. The predicted molar refractivity (Wildman–Crippen MR) is 115 cm³/mol. The van der Waals surface area contributed by atoms with Gasteiger partial charge in [0.05, 0.1) is 16.5 Å². The van der Waals surface area contributed by atoms with Crippen LogP contribution < -0.4 is 15.2 Å². The van der Waals surface area contributed by atoms with Crippen LogP contribution in [0.1, 0.15) is 18.1 Å². The van der Waals surface area contributed by atoms with E-state index in [0.29, 0.717) is 35.3 Å². The molecule has 3 rings (SSSR count). The number of thioether (sulfide) groups is 1. The molecule has 1 heterocycles. The molecule has 7 nitrogen and oxygen atoms in total. The molecule has 9 heteroatoms. The van der Waals surface area contributed by atoms with Crippen LogP contribution in [0.25, 0.3) is 6.08 Å². The van der Waals surface area contributed by atoms with Gasteiger partial charge in [-0.2, -0.15) is 0 Å². The van der Waals surface area contributed by atoms with Crippen molar-refractivity contribution in [2.75, 3.05) is 13.2 Å². The third-order valence-corrected chi connectivity index (χ3v) is 5.23. The number of nitrogens with two attached hydrogens (primary N) is 1. The summed E-state index contributed by atoms with van der Waals surface area (Å²) in [5, 5.41) is -0.247. The minimum atomic E-state index is -0.764. The highest BCUT2D eigenvalue weighted by atomic mass is 35.5. The average Bonchev–Trinajstić information content (AvgIpc) is 2.95. The summed E-state index contributed by atoms with van der Waals surface area (Å²) in [6.45, 7) is 2.07. The number of carbonyl (C=O) groups excluding carboxylic acids is 3. The van der Waals surface area contributed by atoms with Gasteiger partial charge in [0.25, 0.3) is 11.1 Å². The molecule has 2 aromatic carbocycles. The molecule has 1 saturated heterocycles. The number of hydrogen-bond acceptors (Lipinski definition) is 6. The smallest absolute Gasteiger partial charge is 0.294 e. The molecule has 2 N–H and O–H groups in total. The fraction of sp³-hybridized carbons (Fsp3) is 0.190. The Kier molecular flexibility index (Phi) is 7.02. The van der Waals surface area contributed by atoms with Crippen molar-refractivity contribution < 1.29 is 23.9 Å². The number of nitrogens with zero attached hydrogens (tertiary/aromatic N) is 1. The second-order valence-corrected chi connectivity index (χ2v) is 7.67. The molecule has 3 amide bonds. The Bertz CT molecular complexity index is 1010. The Labute approximate surface area is 182 Å². The van der Waals surface area contributed by atoms with E-state index in [1.807, 2.05) is 37.3 Å². The van der Waals surface area contributed by atoms with Gasteiger partial charge in [-0.1, -0.05) is 41.9 Å². The molecule has 0 radical (unpaired) electrons. The zero-order valence-corrected chi connectivity index (χ0v) is 17.7. The summed E-state index contributed by atoms with van der Waals surface area (Å²) in [6, 6.07) is 12.9. The number of hydrogen-bond donors (Lipinski definition) is 1. The van der Waals surface area contributed by atoms with Crippen molar-refractivity contribution in [1.29, 1.82) is 0 Å². The molecule has 0 saturated carbocycles. The van der Waals surface area contributed by atoms with Gasteiger partial charge in [0.15, 0.2) is 11.5 Å². The maximum atomic E-state index is 12.4. The Morgan fingerprint density at radius 2 is 1.93 bits per heavy atom. The first kappa shape index (κ1) is 21.7. The fourth-order valence-corrected chi connectivity index (χ4v) is 3.86. The van der Waals surface area contributed by atoms with Crippen LogP contribution >= 0.6 is 23.4 Å². The van der Waals surface area contributed by atoms with E-state index in [0.717, 1.165) is 22.2 Å². The lowest BCUT2D eigenvalue weighted by atomic mass is 10.1. The van der Waals surface area contributed by atoms with E-state index >= 15 is 0 Å². The third-order valence-electron chi connectivity index (χ3n) is 4.04. The summed E-state index contributed by atoms with van der Waals surface area (Å²) in [7, 11) is 0. The van der Waals surface area contributed by atoms with Gasteiger partial charge in [-0.25, -0.2) is 0 Å². The van der Waals surface area contributed by atoms with E-state index in [1.165, 1.54) is 6.08 Å². The molecule has 0 aromatic heterocycles. The fourth-order valence-electron chi connectivity index (χ4n) is 2.75. The van der Waals surface area contributed by atoms with Crippen LogP contribution in [0.3, 0.4) is 0 Å². The largest absolute Gasteiger partial charge is 0.490 e. The quantitative estimate of drug-likeness (QED) is 0.618. The average molecular weight is 447 g/mol. The number of carbonyl (C=O) groups is 3. The van der Waals surface area contributed by atoms with Gasteiger partial charge < -0.3 is 15.2 Å². The van der Waals surface area contributed by atoms with Crippen LogP contribution in [0.2, 0.25) is 5.02 Å². The van der Waals surface area contributed by atoms with Crippen molar-refractivity contribution in [3.05, 3.63) is 63.5 Å². The lowest BCUT2D eigenvalue weighted by molar-refractivity contribution is -0.127. The summed E-state index contributed by atoms with van der Waals surface area (Å²) in [5.74, 6) is -0.535. The van der Waals surface area contributed by atoms with Gasteiger partial charge >= 0.3 is 0 Å². The number of imide groups is 1. The van der Waals surface area contributed by atoms with Gasteiger partial charge in [0.1, 0.15) is 13.2 Å². The van der Waals surface area contributed by atoms with Crippen molar-refractivity contribution in [2.45, 2.75) is 13.5 Å². The predicted octanol–water partition coefficient (Wildman–Crippen LogP) is 3.84. The molecule has 0 spiro atoms. The first-order chi connectivity index (χ1) is 14.4. The standard InChI is InChI=1S/C21H19ClN2O5S/c1-2-28-16-9-14(10-17-20(26)24(11-18(23)25)21(27)30-17)8-15(22)19(16)29-12-13-6-4-3-5-7-13/h3-10H,2,11-12H2,1H3,(H2,23,25)/b17-10-. The molecule has 1 aliphatic rings. The number of benzene rings is 2. The Balaban J connectivity index is 1.86. The molecule has 1 fully saturated rings.